The van der Waals surface area contributed by atoms with Gasteiger partial charge in [0.15, 0.2) is 0 Å². The van der Waals surface area contributed by atoms with Gasteiger partial charge in [0.1, 0.15) is 0 Å². The predicted octanol–water partition coefficient (Wildman–Crippen LogP) is 4.66. The quantitative estimate of drug-likeness (QED) is 0.737. The van der Waals surface area contributed by atoms with Crippen molar-refractivity contribution in [2.75, 3.05) is 13.1 Å². The summed E-state index contributed by atoms with van der Waals surface area (Å²) in [6.07, 6.45) is 7.60. The van der Waals surface area contributed by atoms with E-state index in [1.54, 1.807) is 0 Å². The normalized spacial score (nSPS) is 18.5. The number of hydrogen-bond donors (Lipinski definition) is 1. The molecule has 0 saturated carbocycles. The maximum atomic E-state index is 4.12. The number of rotatable bonds is 5. The Balaban J connectivity index is 1.38. The molecule has 3 heteroatoms. The van der Waals surface area contributed by atoms with Crippen LogP contribution in [0.1, 0.15) is 29.5 Å². The molecule has 3 nitrogen and oxygen atoms in total. The highest BCUT2D eigenvalue weighted by atomic mass is 15.1. The van der Waals surface area contributed by atoms with Gasteiger partial charge in [-0.1, -0.05) is 43.0 Å². The van der Waals surface area contributed by atoms with E-state index in [1.807, 2.05) is 12.3 Å². The molecule has 1 aromatic heterocycles. The highest BCUT2D eigenvalue weighted by Crippen LogP contribution is 2.24. The monoisotopic (exact) mass is 331 g/mol. The molecule has 1 atom stereocenters. The fourth-order valence-electron chi connectivity index (χ4n) is 3.93. The summed E-state index contributed by atoms with van der Waals surface area (Å²) in [5, 5.41) is 8.36. The number of hydrogen-bond acceptors (Lipinski definition) is 2. The summed E-state index contributed by atoms with van der Waals surface area (Å²) in [5.74, 6) is 0.741. The Kier molecular flexibility index (Phi) is 4.66. The standard InChI is InChI=1S/C22H25N3/c1-2-17-5-7-18(8-6-17)15-25-11-3-4-20(16-25)12-19-9-10-22-21(13-19)14-23-24-22/h2,5-10,13-14,20H,1,3-4,11-12,15-16H2,(H,23,24)/t20-/m1/s1. The molecular formula is C22H25N3. The maximum Gasteiger partial charge on any atom is 0.0650 e. The number of nitrogens with zero attached hydrogens (tertiary/aromatic N) is 2. The van der Waals surface area contributed by atoms with Crippen molar-refractivity contribution in [2.24, 2.45) is 5.92 Å². The van der Waals surface area contributed by atoms with E-state index in [1.165, 1.54) is 48.0 Å². The molecule has 0 aliphatic carbocycles. The van der Waals surface area contributed by atoms with Crippen LogP contribution in [0.2, 0.25) is 0 Å². The summed E-state index contributed by atoms with van der Waals surface area (Å²) in [5.41, 5.74) is 5.13. The molecule has 1 aliphatic heterocycles. The summed E-state index contributed by atoms with van der Waals surface area (Å²) in [4.78, 5) is 2.60. The lowest BCUT2D eigenvalue weighted by molar-refractivity contribution is 0.167. The van der Waals surface area contributed by atoms with Crippen molar-refractivity contribution >= 4 is 17.0 Å². The summed E-state index contributed by atoms with van der Waals surface area (Å²) < 4.78 is 0. The first-order chi connectivity index (χ1) is 12.3. The minimum Gasteiger partial charge on any atom is -0.299 e. The Morgan fingerprint density at radius 2 is 2.00 bits per heavy atom. The van der Waals surface area contributed by atoms with Crippen LogP contribution in [0, 0.1) is 5.92 Å². The van der Waals surface area contributed by atoms with Crippen LogP contribution in [0.3, 0.4) is 0 Å². The Hall–Kier alpha value is -2.39. The molecule has 1 N–H and O–H groups in total. The fourth-order valence-corrected chi connectivity index (χ4v) is 3.93. The first-order valence-electron chi connectivity index (χ1n) is 9.16. The number of H-pyrrole nitrogens is 1. The van der Waals surface area contributed by atoms with Crippen molar-refractivity contribution < 1.29 is 0 Å². The Morgan fingerprint density at radius 3 is 2.84 bits per heavy atom. The summed E-state index contributed by atoms with van der Waals surface area (Å²) in [6.45, 7) is 7.27. The first-order valence-corrected chi connectivity index (χ1v) is 9.16. The fraction of sp³-hybridized carbons (Fsp3) is 0.318. The average molecular weight is 331 g/mol. The Morgan fingerprint density at radius 1 is 1.16 bits per heavy atom. The van der Waals surface area contributed by atoms with Gasteiger partial charge in [-0.05, 0) is 60.5 Å². The van der Waals surface area contributed by atoms with Gasteiger partial charge in [0.05, 0.1) is 11.7 Å². The molecule has 25 heavy (non-hydrogen) atoms. The van der Waals surface area contributed by atoms with E-state index in [0.717, 1.165) is 24.4 Å². The van der Waals surface area contributed by atoms with Crippen LogP contribution in [0.5, 0.6) is 0 Å². The Labute approximate surface area is 149 Å². The van der Waals surface area contributed by atoms with Crippen LogP contribution in [0.15, 0.2) is 55.2 Å². The van der Waals surface area contributed by atoms with Crippen LogP contribution in [0.25, 0.3) is 17.0 Å². The van der Waals surface area contributed by atoms with Crippen molar-refractivity contribution in [1.82, 2.24) is 15.1 Å². The molecular weight excluding hydrogens is 306 g/mol. The molecule has 2 aromatic carbocycles. The molecule has 0 bridgehead atoms. The summed E-state index contributed by atoms with van der Waals surface area (Å²) in [6, 6.07) is 15.5. The predicted molar refractivity (Wildman–Crippen MR) is 104 cm³/mol. The Bertz CT molecular complexity index is 847. The van der Waals surface area contributed by atoms with E-state index in [0.29, 0.717) is 0 Å². The zero-order valence-electron chi connectivity index (χ0n) is 14.6. The molecule has 0 spiro atoms. The molecule has 1 saturated heterocycles. The van der Waals surface area contributed by atoms with Crippen molar-refractivity contribution in [3.63, 3.8) is 0 Å². The lowest BCUT2D eigenvalue weighted by Crippen LogP contribution is -2.35. The van der Waals surface area contributed by atoms with Gasteiger partial charge < -0.3 is 0 Å². The number of benzene rings is 2. The molecule has 4 rings (SSSR count). The van der Waals surface area contributed by atoms with E-state index >= 15 is 0 Å². The van der Waals surface area contributed by atoms with Crippen LogP contribution >= 0.6 is 0 Å². The SMILES string of the molecule is C=Cc1ccc(CN2CCC[C@H](Cc3ccc4[nH]ncc4c3)C2)cc1. The molecule has 0 unspecified atom stereocenters. The number of aromatic nitrogens is 2. The minimum atomic E-state index is 0.741. The van der Waals surface area contributed by atoms with E-state index < -0.39 is 0 Å². The highest BCUT2D eigenvalue weighted by molar-refractivity contribution is 5.78. The zero-order chi connectivity index (χ0) is 17.1. The second-order valence-corrected chi connectivity index (χ2v) is 7.18. The van der Waals surface area contributed by atoms with Crippen LogP contribution in [0.4, 0.5) is 0 Å². The molecule has 128 valence electrons. The third kappa shape index (κ3) is 3.83. The lowest BCUT2D eigenvalue weighted by Gasteiger charge is -2.33. The molecule has 0 radical (unpaired) electrons. The van der Waals surface area contributed by atoms with Gasteiger partial charge in [-0.25, -0.2) is 0 Å². The van der Waals surface area contributed by atoms with E-state index in [2.05, 4.69) is 64.1 Å². The maximum absolute atomic E-state index is 4.12. The minimum absolute atomic E-state index is 0.741. The smallest absolute Gasteiger partial charge is 0.0650 e. The zero-order valence-corrected chi connectivity index (χ0v) is 14.6. The third-order valence-corrected chi connectivity index (χ3v) is 5.25. The van der Waals surface area contributed by atoms with Gasteiger partial charge in [-0.15, -0.1) is 0 Å². The number of fused-ring (bicyclic) bond motifs is 1. The summed E-state index contributed by atoms with van der Waals surface area (Å²) >= 11 is 0. The van der Waals surface area contributed by atoms with Crippen molar-refractivity contribution in [3.8, 4) is 0 Å². The average Bonchev–Trinajstić information content (AvgIpc) is 3.10. The number of aromatic amines is 1. The topological polar surface area (TPSA) is 31.9 Å². The van der Waals surface area contributed by atoms with Crippen LogP contribution < -0.4 is 0 Å². The largest absolute Gasteiger partial charge is 0.299 e. The third-order valence-electron chi connectivity index (χ3n) is 5.25. The van der Waals surface area contributed by atoms with E-state index in [4.69, 9.17) is 0 Å². The van der Waals surface area contributed by atoms with E-state index in [9.17, 15) is 0 Å². The molecule has 1 aliphatic rings. The van der Waals surface area contributed by atoms with E-state index in [-0.39, 0.29) is 0 Å². The molecule has 2 heterocycles. The second kappa shape index (κ2) is 7.24. The van der Waals surface area contributed by atoms with Gasteiger partial charge >= 0.3 is 0 Å². The first kappa shape index (κ1) is 16.1. The number of likely N-dealkylation sites (tertiary alicyclic amines) is 1. The van der Waals surface area contributed by atoms with Gasteiger partial charge in [-0.2, -0.15) is 5.10 Å². The van der Waals surface area contributed by atoms with Gasteiger partial charge in [-0.3, -0.25) is 10.00 Å². The van der Waals surface area contributed by atoms with Crippen molar-refractivity contribution in [2.45, 2.75) is 25.8 Å². The lowest BCUT2D eigenvalue weighted by atomic mass is 9.90. The van der Waals surface area contributed by atoms with Crippen LogP contribution in [-0.2, 0) is 13.0 Å². The number of nitrogens with one attached hydrogen (secondary N) is 1. The van der Waals surface area contributed by atoms with Gasteiger partial charge in [0.25, 0.3) is 0 Å². The van der Waals surface area contributed by atoms with Crippen molar-refractivity contribution in [1.29, 1.82) is 0 Å². The molecule has 1 fully saturated rings. The molecule has 0 amide bonds. The van der Waals surface area contributed by atoms with Crippen LogP contribution in [-0.4, -0.2) is 28.2 Å². The highest BCUT2D eigenvalue weighted by Gasteiger charge is 2.20. The summed E-state index contributed by atoms with van der Waals surface area (Å²) in [7, 11) is 0. The van der Waals surface area contributed by atoms with Gasteiger partial charge in [0, 0.05) is 18.5 Å². The van der Waals surface area contributed by atoms with Crippen molar-refractivity contribution in [3.05, 3.63) is 71.9 Å². The van der Waals surface area contributed by atoms with Gasteiger partial charge in [0.2, 0.25) is 0 Å². The molecule has 3 aromatic rings. The number of piperidine rings is 1. The second-order valence-electron chi connectivity index (χ2n) is 7.18.